The van der Waals surface area contributed by atoms with Crippen molar-refractivity contribution in [3.8, 4) is 0 Å². The first-order valence-electron chi connectivity index (χ1n) is 7.98. The molecular formula is C19H23N3O2. The molecule has 2 N–H and O–H groups in total. The first-order valence-corrected chi connectivity index (χ1v) is 7.98. The van der Waals surface area contributed by atoms with E-state index in [1.54, 1.807) is 24.3 Å². The van der Waals surface area contributed by atoms with Crippen molar-refractivity contribution in [2.45, 2.75) is 13.3 Å². The van der Waals surface area contributed by atoms with Gasteiger partial charge in [-0.25, -0.2) is 0 Å². The van der Waals surface area contributed by atoms with E-state index in [0.29, 0.717) is 23.4 Å². The summed E-state index contributed by atoms with van der Waals surface area (Å²) in [5.74, 6) is -0.403. The van der Waals surface area contributed by atoms with Crippen molar-refractivity contribution >= 4 is 23.2 Å². The van der Waals surface area contributed by atoms with Crippen molar-refractivity contribution in [2.24, 2.45) is 0 Å². The van der Waals surface area contributed by atoms with Gasteiger partial charge in [0.25, 0.3) is 11.8 Å². The summed E-state index contributed by atoms with van der Waals surface area (Å²) >= 11 is 0. The van der Waals surface area contributed by atoms with Crippen LogP contribution < -0.4 is 15.5 Å². The first kappa shape index (κ1) is 17.5. The minimum atomic E-state index is -0.238. The molecule has 0 radical (unpaired) electrons. The molecule has 0 aromatic heterocycles. The zero-order chi connectivity index (χ0) is 17.5. The van der Waals surface area contributed by atoms with Gasteiger partial charge in [-0.3, -0.25) is 9.59 Å². The third kappa shape index (κ3) is 4.59. The van der Waals surface area contributed by atoms with Crippen LogP contribution in [0.2, 0.25) is 0 Å². The van der Waals surface area contributed by atoms with Crippen LogP contribution in [0.5, 0.6) is 0 Å². The molecule has 0 saturated carbocycles. The zero-order valence-corrected chi connectivity index (χ0v) is 14.3. The molecule has 5 heteroatoms. The maximum Gasteiger partial charge on any atom is 0.255 e. The Hall–Kier alpha value is -2.82. The van der Waals surface area contributed by atoms with Crippen LogP contribution in [0.4, 0.5) is 11.4 Å². The van der Waals surface area contributed by atoms with Gasteiger partial charge in [0.2, 0.25) is 0 Å². The van der Waals surface area contributed by atoms with Gasteiger partial charge in [0, 0.05) is 43.1 Å². The van der Waals surface area contributed by atoms with Crippen LogP contribution in [0.15, 0.2) is 48.5 Å². The lowest BCUT2D eigenvalue weighted by atomic mass is 10.1. The van der Waals surface area contributed by atoms with Crippen molar-refractivity contribution in [2.75, 3.05) is 30.9 Å². The molecule has 2 amide bonds. The number of nitrogens with zero attached hydrogens (tertiary/aromatic N) is 1. The van der Waals surface area contributed by atoms with Gasteiger partial charge in [-0.15, -0.1) is 0 Å². The normalized spacial score (nSPS) is 10.1. The predicted octanol–water partition coefficient (Wildman–Crippen LogP) is 3.14. The number of hydrogen-bond acceptors (Lipinski definition) is 3. The molecule has 0 unspecified atom stereocenters. The number of rotatable bonds is 6. The molecule has 0 aliphatic rings. The Kier molecular flexibility index (Phi) is 5.95. The summed E-state index contributed by atoms with van der Waals surface area (Å²) in [5.41, 5.74) is 2.71. The van der Waals surface area contributed by atoms with Gasteiger partial charge in [-0.1, -0.05) is 13.0 Å². The third-order valence-corrected chi connectivity index (χ3v) is 3.56. The summed E-state index contributed by atoms with van der Waals surface area (Å²) in [5, 5.41) is 5.65. The van der Waals surface area contributed by atoms with Crippen molar-refractivity contribution < 1.29 is 9.59 Å². The van der Waals surface area contributed by atoms with E-state index in [2.05, 4.69) is 10.6 Å². The van der Waals surface area contributed by atoms with E-state index in [1.165, 1.54) is 0 Å². The topological polar surface area (TPSA) is 61.4 Å². The fraction of sp³-hybridized carbons (Fsp3) is 0.263. The molecule has 126 valence electrons. The second kappa shape index (κ2) is 8.15. The molecule has 0 bridgehead atoms. The van der Waals surface area contributed by atoms with Gasteiger partial charge in [-0.2, -0.15) is 0 Å². The van der Waals surface area contributed by atoms with Crippen LogP contribution in [0.1, 0.15) is 34.1 Å². The molecule has 0 aliphatic carbocycles. The lowest BCUT2D eigenvalue weighted by Crippen LogP contribution is -2.24. The maximum absolute atomic E-state index is 12.4. The average Bonchev–Trinajstić information content (AvgIpc) is 2.60. The van der Waals surface area contributed by atoms with Crippen molar-refractivity contribution in [3.05, 3.63) is 59.7 Å². The highest BCUT2D eigenvalue weighted by atomic mass is 16.2. The highest BCUT2D eigenvalue weighted by Crippen LogP contribution is 2.16. The second-order valence-corrected chi connectivity index (χ2v) is 5.73. The Morgan fingerprint density at radius 2 is 1.58 bits per heavy atom. The highest BCUT2D eigenvalue weighted by molar-refractivity contribution is 6.06. The summed E-state index contributed by atoms with van der Waals surface area (Å²) in [6.45, 7) is 2.61. The molecule has 0 heterocycles. The zero-order valence-electron chi connectivity index (χ0n) is 14.3. The molecule has 2 rings (SSSR count). The molecule has 0 atom stereocenters. The van der Waals surface area contributed by atoms with Gasteiger partial charge < -0.3 is 15.5 Å². The van der Waals surface area contributed by atoms with E-state index in [-0.39, 0.29) is 11.8 Å². The Bertz CT molecular complexity index is 709. The van der Waals surface area contributed by atoms with Gasteiger partial charge in [0.1, 0.15) is 0 Å². The van der Waals surface area contributed by atoms with E-state index >= 15 is 0 Å². The van der Waals surface area contributed by atoms with E-state index in [9.17, 15) is 9.59 Å². The Morgan fingerprint density at radius 1 is 0.958 bits per heavy atom. The maximum atomic E-state index is 12.4. The minimum absolute atomic E-state index is 0.165. The van der Waals surface area contributed by atoms with Crippen LogP contribution in [0, 0.1) is 0 Å². The van der Waals surface area contributed by atoms with Crippen LogP contribution in [-0.2, 0) is 0 Å². The lowest BCUT2D eigenvalue weighted by molar-refractivity contribution is 0.0953. The fourth-order valence-corrected chi connectivity index (χ4v) is 2.19. The van der Waals surface area contributed by atoms with Crippen LogP contribution in [-0.4, -0.2) is 32.5 Å². The van der Waals surface area contributed by atoms with Gasteiger partial charge in [-0.05, 0) is 48.9 Å². The van der Waals surface area contributed by atoms with E-state index in [0.717, 1.165) is 12.1 Å². The van der Waals surface area contributed by atoms with E-state index in [1.807, 2.05) is 50.2 Å². The number of carbonyl (C=O) groups excluding carboxylic acids is 2. The predicted molar refractivity (Wildman–Crippen MR) is 97.8 cm³/mol. The lowest BCUT2D eigenvalue weighted by Gasteiger charge is -2.13. The monoisotopic (exact) mass is 325 g/mol. The standard InChI is InChI=1S/C19H23N3O2/c1-4-12-20-18(23)14-6-5-7-15(13-14)19(24)21-16-8-10-17(11-9-16)22(2)3/h5-11,13H,4,12H2,1-3H3,(H,20,23)(H,21,24). The molecule has 5 nitrogen and oxygen atoms in total. The molecule has 2 aromatic carbocycles. The number of benzene rings is 2. The molecule has 24 heavy (non-hydrogen) atoms. The minimum Gasteiger partial charge on any atom is -0.378 e. The molecule has 0 saturated heterocycles. The average molecular weight is 325 g/mol. The second-order valence-electron chi connectivity index (χ2n) is 5.73. The molecule has 0 fully saturated rings. The number of anilines is 2. The van der Waals surface area contributed by atoms with Gasteiger partial charge in [0.05, 0.1) is 0 Å². The Balaban J connectivity index is 2.08. The quantitative estimate of drug-likeness (QED) is 0.858. The van der Waals surface area contributed by atoms with Crippen molar-refractivity contribution in [3.63, 3.8) is 0 Å². The number of carbonyl (C=O) groups is 2. The fourth-order valence-electron chi connectivity index (χ4n) is 2.19. The van der Waals surface area contributed by atoms with Crippen LogP contribution in [0.25, 0.3) is 0 Å². The largest absolute Gasteiger partial charge is 0.378 e. The van der Waals surface area contributed by atoms with Crippen LogP contribution >= 0.6 is 0 Å². The highest BCUT2D eigenvalue weighted by Gasteiger charge is 2.10. The molecule has 0 aliphatic heterocycles. The first-order chi connectivity index (χ1) is 11.5. The van der Waals surface area contributed by atoms with Crippen molar-refractivity contribution in [1.29, 1.82) is 0 Å². The van der Waals surface area contributed by atoms with Gasteiger partial charge in [0.15, 0.2) is 0 Å². The number of hydrogen-bond donors (Lipinski definition) is 2. The van der Waals surface area contributed by atoms with Crippen molar-refractivity contribution in [1.82, 2.24) is 5.32 Å². The number of nitrogens with one attached hydrogen (secondary N) is 2. The summed E-state index contributed by atoms with van der Waals surface area (Å²) < 4.78 is 0. The summed E-state index contributed by atoms with van der Waals surface area (Å²) in [7, 11) is 3.92. The summed E-state index contributed by atoms with van der Waals surface area (Å²) in [6, 6.07) is 14.3. The SMILES string of the molecule is CCCNC(=O)c1cccc(C(=O)Nc2ccc(N(C)C)cc2)c1. The van der Waals surface area contributed by atoms with Crippen LogP contribution in [0.3, 0.4) is 0 Å². The Morgan fingerprint density at radius 3 is 2.17 bits per heavy atom. The summed E-state index contributed by atoms with van der Waals surface area (Å²) in [4.78, 5) is 26.3. The molecular weight excluding hydrogens is 302 g/mol. The Labute approximate surface area is 142 Å². The molecule has 2 aromatic rings. The summed E-state index contributed by atoms with van der Waals surface area (Å²) in [6.07, 6.45) is 0.870. The smallest absolute Gasteiger partial charge is 0.255 e. The van der Waals surface area contributed by atoms with E-state index < -0.39 is 0 Å². The number of amides is 2. The molecule has 0 spiro atoms. The van der Waals surface area contributed by atoms with Gasteiger partial charge >= 0.3 is 0 Å². The third-order valence-electron chi connectivity index (χ3n) is 3.56. The van der Waals surface area contributed by atoms with E-state index in [4.69, 9.17) is 0 Å².